The first-order valence-corrected chi connectivity index (χ1v) is 7.87. The average Bonchev–Trinajstić information content (AvgIpc) is 3.01. The molecule has 2 heterocycles. The molecule has 0 bridgehead atoms. The Morgan fingerprint density at radius 3 is 3.00 bits per heavy atom. The average molecular weight is 321 g/mol. The van der Waals surface area contributed by atoms with Gasteiger partial charge in [-0.2, -0.15) is 0 Å². The maximum atomic E-state index is 13.0. The third kappa shape index (κ3) is 3.88. The molecule has 1 aromatic carbocycles. The quantitative estimate of drug-likeness (QED) is 0.939. The van der Waals surface area contributed by atoms with Crippen LogP contribution in [0, 0.1) is 5.82 Å². The molecule has 1 saturated heterocycles. The summed E-state index contributed by atoms with van der Waals surface area (Å²) in [7, 11) is 0. The van der Waals surface area contributed by atoms with Crippen molar-refractivity contribution in [3.63, 3.8) is 0 Å². The van der Waals surface area contributed by atoms with Crippen LogP contribution < -0.4 is 5.32 Å². The van der Waals surface area contributed by atoms with Gasteiger partial charge in [-0.3, -0.25) is 9.69 Å². The van der Waals surface area contributed by atoms with Crippen LogP contribution in [0.3, 0.4) is 0 Å². The molecule has 1 fully saturated rings. The summed E-state index contributed by atoms with van der Waals surface area (Å²) in [6, 6.07) is 6.29. The molecule has 116 valence electrons. The van der Waals surface area contributed by atoms with Gasteiger partial charge in [-0.15, -0.1) is 11.3 Å². The van der Waals surface area contributed by atoms with Gasteiger partial charge in [-0.1, -0.05) is 12.1 Å². The lowest BCUT2D eigenvalue weighted by atomic mass is 10.1. The number of carbonyl (C=O) groups is 1. The lowest BCUT2D eigenvalue weighted by molar-refractivity contribution is -0.119. The van der Waals surface area contributed by atoms with Crippen LogP contribution in [0.5, 0.6) is 0 Å². The van der Waals surface area contributed by atoms with Gasteiger partial charge in [0.05, 0.1) is 19.3 Å². The summed E-state index contributed by atoms with van der Waals surface area (Å²) in [6.45, 7) is 2.15. The highest BCUT2D eigenvalue weighted by Crippen LogP contribution is 2.22. The number of hydrogen-bond acceptors (Lipinski definition) is 5. The number of nitrogens with one attached hydrogen (secondary N) is 1. The van der Waals surface area contributed by atoms with Gasteiger partial charge >= 0.3 is 0 Å². The van der Waals surface area contributed by atoms with E-state index in [2.05, 4.69) is 10.3 Å². The Morgan fingerprint density at radius 2 is 2.27 bits per heavy atom. The van der Waals surface area contributed by atoms with Crippen molar-refractivity contribution in [3.8, 4) is 0 Å². The number of amides is 1. The van der Waals surface area contributed by atoms with Crippen molar-refractivity contribution >= 4 is 22.4 Å². The van der Waals surface area contributed by atoms with Gasteiger partial charge in [-0.25, -0.2) is 9.37 Å². The van der Waals surface area contributed by atoms with Gasteiger partial charge in [0.2, 0.25) is 5.91 Å². The molecule has 0 saturated carbocycles. The van der Waals surface area contributed by atoms with Crippen molar-refractivity contribution in [1.29, 1.82) is 0 Å². The van der Waals surface area contributed by atoms with E-state index in [1.165, 1.54) is 23.5 Å². The Kier molecular flexibility index (Phi) is 4.77. The van der Waals surface area contributed by atoms with E-state index in [1.807, 2.05) is 10.3 Å². The molecule has 0 spiro atoms. The Bertz CT molecular complexity index is 618. The highest BCUT2D eigenvalue weighted by atomic mass is 32.1. The third-order valence-corrected chi connectivity index (χ3v) is 4.13. The van der Waals surface area contributed by atoms with Crippen LogP contribution in [0.4, 0.5) is 9.52 Å². The second-order valence-electron chi connectivity index (χ2n) is 5.03. The van der Waals surface area contributed by atoms with Crippen LogP contribution >= 0.6 is 11.3 Å². The molecule has 1 amide bonds. The van der Waals surface area contributed by atoms with Crippen molar-refractivity contribution in [2.75, 3.05) is 31.6 Å². The van der Waals surface area contributed by atoms with Gasteiger partial charge in [0.25, 0.3) is 0 Å². The van der Waals surface area contributed by atoms with Crippen molar-refractivity contribution < 1.29 is 13.9 Å². The summed E-state index contributed by atoms with van der Waals surface area (Å²) in [5.74, 6) is -0.353. The first-order valence-electron chi connectivity index (χ1n) is 6.99. The predicted molar refractivity (Wildman–Crippen MR) is 82.3 cm³/mol. The molecule has 1 aliphatic heterocycles. The summed E-state index contributed by atoms with van der Waals surface area (Å²) in [5, 5.41) is 5.19. The Hall–Kier alpha value is -1.83. The highest BCUT2D eigenvalue weighted by molar-refractivity contribution is 7.13. The molecule has 22 heavy (non-hydrogen) atoms. The summed E-state index contributed by atoms with van der Waals surface area (Å²) >= 11 is 1.39. The molecular formula is C15H16FN3O2S. The van der Waals surface area contributed by atoms with Gasteiger partial charge in [0.1, 0.15) is 5.82 Å². The maximum absolute atomic E-state index is 13.0. The van der Waals surface area contributed by atoms with E-state index in [0.29, 0.717) is 31.4 Å². The molecule has 1 N–H and O–H groups in total. The zero-order valence-corrected chi connectivity index (χ0v) is 12.7. The van der Waals surface area contributed by atoms with Crippen molar-refractivity contribution in [3.05, 3.63) is 47.2 Å². The minimum Gasteiger partial charge on any atom is -0.371 e. The third-order valence-electron chi connectivity index (χ3n) is 3.44. The fourth-order valence-corrected chi connectivity index (χ4v) is 2.92. The SMILES string of the molecule is O=C(CN1CCO[C@@H](c2ccc(F)cc2)C1)Nc1nccs1. The number of rotatable bonds is 4. The van der Waals surface area contributed by atoms with Crippen molar-refractivity contribution in [1.82, 2.24) is 9.88 Å². The van der Waals surface area contributed by atoms with Crippen molar-refractivity contribution in [2.24, 2.45) is 0 Å². The molecule has 1 aliphatic rings. The highest BCUT2D eigenvalue weighted by Gasteiger charge is 2.23. The fraction of sp³-hybridized carbons (Fsp3) is 0.333. The maximum Gasteiger partial charge on any atom is 0.240 e. The van der Waals surface area contributed by atoms with Gasteiger partial charge in [-0.05, 0) is 17.7 Å². The van der Waals surface area contributed by atoms with E-state index >= 15 is 0 Å². The Morgan fingerprint density at radius 1 is 1.45 bits per heavy atom. The standard InChI is InChI=1S/C15H16FN3O2S/c16-12-3-1-11(2-4-12)13-9-19(6-7-21-13)10-14(20)18-15-17-5-8-22-15/h1-5,8,13H,6-7,9-10H2,(H,17,18,20)/t13-/m1/s1. The molecule has 0 unspecified atom stereocenters. The molecule has 3 rings (SSSR count). The molecule has 0 radical (unpaired) electrons. The van der Waals surface area contributed by atoms with Crippen LogP contribution in [0.2, 0.25) is 0 Å². The minimum atomic E-state index is -0.265. The van der Waals surface area contributed by atoms with Crippen LogP contribution in [0.1, 0.15) is 11.7 Å². The smallest absolute Gasteiger partial charge is 0.240 e. The van der Waals surface area contributed by atoms with Crippen LogP contribution in [-0.2, 0) is 9.53 Å². The summed E-state index contributed by atoms with van der Waals surface area (Å²) in [5.41, 5.74) is 0.923. The minimum absolute atomic E-state index is 0.0882. The number of aromatic nitrogens is 1. The van der Waals surface area contributed by atoms with Crippen molar-refractivity contribution in [2.45, 2.75) is 6.10 Å². The lowest BCUT2D eigenvalue weighted by Gasteiger charge is -2.32. The van der Waals surface area contributed by atoms with Gasteiger partial charge < -0.3 is 10.1 Å². The normalized spacial score (nSPS) is 19.0. The van der Waals surface area contributed by atoms with Gasteiger partial charge in [0, 0.05) is 24.7 Å². The molecule has 0 aliphatic carbocycles. The zero-order chi connectivity index (χ0) is 15.4. The Labute approximate surface area is 131 Å². The van der Waals surface area contributed by atoms with Crippen LogP contribution in [-0.4, -0.2) is 42.0 Å². The first kappa shape index (κ1) is 15.1. The summed E-state index contributed by atoms with van der Waals surface area (Å²) in [6.07, 6.45) is 1.52. The van der Waals surface area contributed by atoms with E-state index < -0.39 is 0 Å². The number of nitrogens with zero attached hydrogens (tertiary/aromatic N) is 2. The lowest BCUT2D eigenvalue weighted by Crippen LogP contribution is -2.42. The van der Waals surface area contributed by atoms with E-state index in [0.717, 1.165) is 5.56 Å². The molecule has 5 nitrogen and oxygen atoms in total. The zero-order valence-electron chi connectivity index (χ0n) is 11.9. The monoisotopic (exact) mass is 321 g/mol. The van der Waals surface area contributed by atoms with Crippen LogP contribution in [0.15, 0.2) is 35.8 Å². The number of carbonyl (C=O) groups excluding carboxylic acids is 1. The molecule has 2 aromatic rings. The fourth-order valence-electron chi connectivity index (χ4n) is 2.37. The van der Waals surface area contributed by atoms with E-state index in [1.54, 1.807) is 18.3 Å². The Balaban J connectivity index is 1.56. The number of benzene rings is 1. The topological polar surface area (TPSA) is 54.5 Å². The largest absolute Gasteiger partial charge is 0.371 e. The van der Waals surface area contributed by atoms with E-state index in [4.69, 9.17) is 4.74 Å². The van der Waals surface area contributed by atoms with Gasteiger partial charge in [0.15, 0.2) is 5.13 Å². The summed E-state index contributed by atoms with van der Waals surface area (Å²) < 4.78 is 18.7. The first-order chi connectivity index (χ1) is 10.7. The molecule has 1 aromatic heterocycles. The number of morpholine rings is 1. The molecule has 7 heteroatoms. The summed E-state index contributed by atoms with van der Waals surface area (Å²) in [4.78, 5) is 18.0. The predicted octanol–water partition coefficient (Wildman–Crippen LogP) is 2.29. The molecular weight excluding hydrogens is 305 g/mol. The number of hydrogen-bond donors (Lipinski definition) is 1. The second-order valence-corrected chi connectivity index (χ2v) is 5.93. The van der Waals surface area contributed by atoms with Crippen LogP contribution in [0.25, 0.3) is 0 Å². The number of halogens is 1. The number of anilines is 1. The van der Waals surface area contributed by atoms with E-state index in [9.17, 15) is 9.18 Å². The molecule has 1 atom stereocenters. The number of thiazole rings is 1. The van der Waals surface area contributed by atoms with E-state index in [-0.39, 0.29) is 17.8 Å². The second kappa shape index (κ2) is 6.95. The number of ether oxygens (including phenoxy) is 1.